The summed E-state index contributed by atoms with van der Waals surface area (Å²) in [5.41, 5.74) is -0.601. The molecule has 0 bridgehead atoms. The van der Waals surface area contributed by atoms with Crippen molar-refractivity contribution in [2.75, 3.05) is 0 Å². The zero-order chi connectivity index (χ0) is 26.6. The summed E-state index contributed by atoms with van der Waals surface area (Å²) in [4.78, 5) is 35.7. The Hall–Kier alpha value is -2.37. The van der Waals surface area contributed by atoms with E-state index in [1.54, 1.807) is 0 Å². The number of carboxylic acid groups (broad SMARTS) is 2. The van der Waals surface area contributed by atoms with Crippen LogP contribution in [-0.2, 0) is 4.74 Å². The molecule has 0 aromatic heterocycles. The molecule has 0 radical (unpaired) electrons. The molecule has 0 fully saturated rings. The number of hydrogen-bond donors (Lipinski definition) is 2. The molecule has 1 rings (SSSR count). The van der Waals surface area contributed by atoms with Gasteiger partial charge in [-0.05, 0) is 43.9 Å². The van der Waals surface area contributed by atoms with E-state index in [2.05, 4.69) is 13.8 Å². The quantitative estimate of drug-likeness (QED) is 0.121. The van der Waals surface area contributed by atoms with Crippen LogP contribution in [0.5, 0.6) is 0 Å². The van der Waals surface area contributed by atoms with Gasteiger partial charge >= 0.3 is 17.9 Å². The van der Waals surface area contributed by atoms with Gasteiger partial charge in [-0.25, -0.2) is 14.4 Å². The molecule has 36 heavy (non-hydrogen) atoms. The molecule has 0 amide bonds. The zero-order valence-corrected chi connectivity index (χ0v) is 22.6. The predicted octanol–water partition coefficient (Wildman–Crippen LogP) is 8.67. The minimum atomic E-state index is -1.34. The lowest BCUT2D eigenvalue weighted by molar-refractivity contribution is 0.0243. The van der Waals surface area contributed by atoms with Crippen molar-refractivity contribution in [2.45, 2.75) is 136 Å². The second-order valence-corrected chi connectivity index (χ2v) is 9.93. The van der Waals surface area contributed by atoms with Gasteiger partial charge < -0.3 is 14.9 Å². The van der Waals surface area contributed by atoms with E-state index in [1.165, 1.54) is 82.8 Å². The molecule has 0 heterocycles. The summed E-state index contributed by atoms with van der Waals surface area (Å²) in [6, 6.07) is 3.51. The van der Waals surface area contributed by atoms with Gasteiger partial charge in [0.25, 0.3) is 0 Å². The van der Waals surface area contributed by atoms with E-state index >= 15 is 0 Å². The fourth-order valence-electron chi connectivity index (χ4n) is 4.52. The number of ether oxygens (including phenoxy) is 1. The second kappa shape index (κ2) is 19.8. The number of aromatic carboxylic acids is 2. The summed E-state index contributed by atoms with van der Waals surface area (Å²) in [5, 5.41) is 18.6. The van der Waals surface area contributed by atoms with E-state index in [0.29, 0.717) is 0 Å². The maximum atomic E-state index is 12.9. The average molecular weight is 505 g/mol. The fourth-order valence-corrected chi connectivity index (χ4v) is 4.52. The summed E-state index contributed by atoms with van der Waals surface area (Å²) in [7, 11) is 0. The summed E-state index contributed by atoms with van der Waals surface area (Å²) in [6.45, 7) is 4.41. The molecule has 1 aromatic rings. The number of esters is 1. The molecule has 0 saturated carbocycles. The van der Waals surface area contributed by atoms with Gasteiger partial charge in [0.1, 0.15) is 6.10 Å². The summed E-state index contributed by atoms with van der Waals surface area (Å²) in [6.07, 6.45) is 20.7. The smallest absolute Gasteiger partial charge is 0.339 e. The second-order valence-electron chi connectivity index (χ2n) is 9.93. The highest BCUT2D eigenvalue weighted by atomic mass is 16.5. The molecule has 0 aliphatic carbocycles. The van der Waals surface area contributed by atoms with Gasteiger partial charge in [-0.15, -0.1) is 0 Å². The van der Waals surface area contributed by atoms with Gasteiger partial charge in [-0.2, -0.15) is 0 Å². The van der Waals surface area contributed by atoms with Crippen LogP contribution in [0.4, 0.5) is 0 Å². The number of benzene rings is 1. The first kappa shape index (κ1) is 31.7. The molecule has 6 heteroatoms. The third kappa shape index (κ3) is 13.6. The van der Waals surface area contributed by atoms with Gasteiger partial charge in [0.15, 0.2) is 0 Å². The van der Waals surface area contributed by atoms with Crippen LogP contribution in [0.2, 0.25) is 0 Å². The lowest BCUT2D eigenvalue weighted by Crippen LogP contribution is -2.21. The molecule has 204 valence electrons. The van der Waals surface area contributed by atoms with E-state index in [4.69, 9.17) is 9.84 Å². The van der Waals surface area contributed by atoms with E-state index < -0.39 is 17.9 Å². The van der Waals surface area contributed by atoms with Gasteiger partial charge in [-0.1, -0.05) is 104 Å². The number of unbranched alkanes of at least 4 members (excludes halogenated alkanes) is 14. The maximum Gasteiger partial charge on any atom is 0.339 e. The first-order valence-electron chi connectivity index (χ1n) is 14.2. The van der Waals surface area contributed by atoms with Crippen LogP contribution in [0.3, 0.4) is 0 Å². The summed E-state index contributed by atoms with van der Waals surface area (Å²) >= 11 is 0. The molecule has 1 aromatic carbocycles. The molecule has 1 atom stereocenters. The molecular weight excluding hydrogens is 456 g/mol. The zero-order valence-electron chi connectivity index (χ0n) is 22.6. The third-order valence-electron chi connectivity index (χ3n) is 6.75. The minimum Gasteiger partial charge on any atom is -0.478 e. The van der Waals surface area contributed by atoms with Crippen molar-refractivity contribution in [1.29, 1.82) is 0 Å². The van der Waals surface area contributed by atoms with Crippen molar-refractivity contribution < 1.29 is 29.3 Å². The Labute approximate surface area is 217 Å². The molecule has 0 spiro atoms. The predicted molar refractivity (Wildman–Crippen MR) is 144 cm³/mol. The minimum absolute atomic E-state index is 0.0950. The average Bonchev–Trinajstić information content (AvgIpc) is 2.86. The molecule has 6 nitrogen and oxygen atoms in total. The van der Waals surface area contributed by atoms with Crippen molar-refractivity contribution >= 4 is 17.9 Å². The summed E-state index contributed by atoms with van der Waals surface area (Å²) in [5.74, 6) is -3.27. The molecule has 0 saturated heterocycles. The SMILES string of the molecule is CCCCCCCCCCCCCC(CCCCCCC)OC(=O)c1ccc(C(=O)O)cc1C(=O)O. The van der Waals surface area contributed by atoms with Crippen LogP contribution in [0.15, 0.2) is 18.2 Å². The van der Waals surface area contributed by atoms with E-state index in [1.807, 2.05) is 0 Å². The lowest BCUT2D eigenvalue weighted by atomic mass is 10.0. The van der Waals surface area contributed by atoms with Crippen molar-refractivity contribution in [3.63, 3.8) is 0 Å². The van der Waals surface area contributed by atoms with Crippen LogP contribution >= 0.6 is 0 Å². The normalized spacial score (nSPS) is 11.8. The largest absolute Gasteiger partial charge is 0.478 e. The highest BCUT2D eigenvalue weighted by Gasteiger charge is 2.23. The first-order valence-corrected chi connectivity index (χ1v) is 14.2. The summed E-state index contributed by atoms with van der Waals surface area (Å²) < 4.78 is 5.78. The Bertz CT molecular complexity index is 773. The Kier molecular flexibility index (Phi) is 17.4. The maximum absolute atomic E-state index is 12.9. The van der Waals surface area contributed by atoms with E-state index in [-0.39, 0.29) is 22.8 Å². The Balaban J connectivity index is 2.56. The van der Waals surface area contributed by atoms with Gasteiger partial charge in [0.2, 0.25) is 0 Å². The van der Waals surface area contributed by atoms with Crippen LogP contribution in [0, 0.1) is 0 Å². The fraction of sp³-hybridized carbons (Fsp3) is 0.700. The van der Waals surface area contributed by atoms with Gasteiger partial charge in [-0.3, -0.25) is 0 Å². The molecular formula is C30H48O6. The third-order valence-corrected chi connectivity index (χ3v) is 6.75. The Morgan fingerprint density at radius 3 is 1.50 bits per heavy atom. The molecule has 0 aliphatic rings. The van der Waals surface area contributed by atoms with Crippen LogP contribution in [0.1, 0.15) is 160 Å². The number of rotatable bonds is 22. The Morgan fingerprint density at radius 2 is 1.08 bits per heavy atom. The molecule has 2 N–H and O–H groups in total. The van der Waals surface area contributed by atoms with E-state index in [9.17, 15) is 19.5 Å². The molecule has 1 unspecified atom stereocenters. The van der Waals surface area contributed by atoms with Crippen LogP contribution in [-0.4, -0.2) is 34.2 Å². The topological polar surface area (TPSA) is 101 Å². The van der Waals surface area contributed by atoms with Crippen LogP contribution < -0.4 is 0 Å². The van der Waals surface area contributed by atoms with Crippen molar-refractivity contribution in [3.05, 3.63) is 34.9 Å². The van der Waals surface area contributed by atoms with Crippen molar-refractivity contribution in [2.24, 2.45) is 0 Å². The van der Waals surface area contributed by atoms with Gasteiger partial charge in [0.05, 0.1) is 16.7 Å². The first-order chi connectivity index (χ1) is 17.4. The Morgan fingerprint density at radius 1 is 0.639 bits per heavy atom. The highest BCUT2D eigenvalue weighted by molar-refractivity contribution is 6.04. The van der Waals surface area contributed by atoms with Crippen molar-refractivity contribution in [1.82, 2.24) is 0 Å². The van der Waals surface area contributed by atoms with Crippen LogP contribution in [0.25, 0.3) is 0 Å². The van der Waals surface area contributed by atoms with E-state index in [0.717, 1.165) is 51.0 Å². The highest BCUT2D eigenvalue weighted by Crippen LogP contribution is 2.21. The van der Waals surface area contributed by atoms with Crippen molar-refractivity contribution in [3.8, 4) is 0 Å². The standard InChI is InChI=1S/C30H48O6/c1-3-5-7-9-10-11-12-13-14-16-18-20-25(19-17-15-8-6-4-2)36-30(35)26-22-21-24(28(31)32)23-27(26)29(33)34/h21-23,25H,3-20H2,1-2H3,(H,31,32)(H,33,34). The van der Waals surface area contributed by atoms with Gasteiger partial charge in [0, 0.05) is 0 Å². The monoisotopic (exact) mass is 504 g/mol. The number of carbonyl (C=O) groups is 3. The number of carboxylic acids is 2. The lowest BCUT2D eigenvalue weighted by Gasteiger charge is -2.19. The number of hydrogen-bond acceptors (Lipinski definition) is 4. The number of carbonyl (C=O) groups excluding carboxylic acids is 1. The molecule has 0 aliphatic heterocycles.